The predicted octanol–water partition coefficient (Wildman–Crippen LogP) is 2.78. The maximum Gasteiger partial charge on any atom is 0.146 e. The minimum atomic E-state index is 0.414. The highest BCUT2D eigenvalue weighted by atomic mass is 79.9. The van der Waals surface area contributed by atoms with Crippen LogP contribution in [0.3, 0.4) is 0 Å². The molecule has 3 aliphatic rings. The number of carbonyl (C=O) groups excluding carboxylic acids is 1. The molecule has 3 aliphatic carbocycles. The van der Waals surface area contributed by atoms with Crippen LogP contribution in [0.25, 0.3) is 0 Å². The van der Waals surface area contributed by atoms with Crippen LogP contribution in [0.2, 0.25) is 0 Å². The van der Waals surface area contributed by atoms with Crippen LogP contribution in [-0.2, 0) is 4.79 Å². The topological polar surface area (TPSA) is 17.1 Å². The number of alkyl halides is 1. The molecular formula is C10H15BrO. The molecule has 0 N–H and O–H groups in total. The van der Waals surface area contributed by atoms with Gasteiger partial charge in [0.15, 0.2) is 0 Å². The number of carbonyl (C=O) groups is 1. The lowest BCUT2D eigenvalue weighted by Crippen LogP contribution is -2.36. The number of halogens is 1. The summed E-state index contributed by atoms with van der Waals surface area (Å²) in [5.41, 5.74) is 0. The first-order valence-electron chi connectivity index (χ1n) is 4.90. The van der Waals surface area contributed by atoms with Crippen molar-refractivity contribution in [1.29, 1.82) is 0 Å². The second kappa shape index (κ2) is 3.49. The molecule has 0 heterocycles. The number of Topliss-reactive ketones (excluding diaryl/α,β-unsaturated/α-hetero) is 1. The Kier molecular flexibility index (Phi) is 2.54. The van der Waals surface area contributed by atoms with Crippen LogP contribution in [0.5, 0.6) is 0 Å². The van der Waals surface area contributed by atoms with Gasteiger partial charge >= 0.3 is 0 Å². The molecule has 0 radical (unpaired) electrons. The van der Waals surface area contributed by atoms with Gasteiger partial charge in [0.25, 0.3) is 0 Å². The van der Waals surface area contributed by atoms with Gasteiger partial charge in [0.2, 0.25) is 0 Å². The minimum Gasteiger partial charge on any atom is -0.298 e. The molecule has 0 saturated heterocycles. The van der Waals surface area contributed by atoms with Crippen molar-refractivity contribution in [2.75, 3.05) is 5.33 Å². The highest BCUT2D eigenvalue weighted by Gasteiger charge is 2.38. The molecular weight excluding hydrogens is 216 g/mol. The molecule has 2 bridgehead atoms. The van der Waals surface area contributed by atoms with Crippen LogP contribution in [0, 0.1) is 17.8 Å². The van der Waals surface area contributed by atoms with Crippen molar-refractivity contribution in [3.05, 3.63) is 0 Å². The average Bonchev–Trinajstić information content (AvgIpc) is 2.18. The van der Waals surface area contributed by atoms with Crippen LogP contribution in [0.15, 0.2) is 0 Å². The van der Waals surface area contributed by atoms with Gasteiger partial charge in [-0.25, -0.2) is 0 Å². The third-order valence-electron chi connectivity index (χ3n) is 3.59. The van der Waals surface area contributed by atoms with E-state index in [1.54, 1.807) is 0 Å². The van der Waals surface area contributed by atoms with Gasteiger partial charge in [0, 0.05) is 5.92 Å². The summed E-state index contributed by atoms with van der Waals surface area (Å²) < 4.78 is 0. The summed E-state index contributed by atoms with van der Waals surface area (Å²) in [6.45, 7) is 0. The molecule has 3 rings (SSSR count). The zero-order chi connectivity index (χ0) is 8.55. The molecule has 1 nitrogen and oxygen atoms in total. The van der Waals surface area contributed by atoms with E-state index < -0.39 is 0 Å². The molecule has 3 fully saturated rings. The Balaban J connectivity index is 2.03. The van der Waals surface area contributed by atoms with Gasteiger partial charge < -0.3 is 0 Å². The number of hydrogen-bond acceptors (Lipinski definition) is 1. The smallest absolute Gasteiger partial charge is 0.146 e. The lowest BCUT2D eigenvalue weighted by atomic mass is 9.64. The van der Waals surface area contributed by atoms with E-state index in [0.717, 1.165) is 11.8 Å². The molecule has 0 aromatic rings. The summed E-state index contributed by atoms with van der Waals surface area (Å²) in [6, 6.07) is 0. The van der Waals surface area contributed by atoms with Gasteiger partial charge in [-0.15, -0.1) is 0 Å². The van der Waals surface area contributed by atoms with Crippen LogP contribution < -0.4 is 0 Å². The zero-order valence-electron chi connectivity index (χ0n) is 7.26. The SMILES string of the molecule is O=C(CBr)C1CC2CCC1CC2. The third kappa shape index (κ3) is 1.46. The maximum absolute atomic E-state index is 11.5. The first kappa shape index (κ1) is 8.74. The molecule has 68 valence electrons. The molecule has 0 aromatic carbocycles. The Hall–Kier alpha value is 0.150. The number of fused-ring (bicyclic) bond motifs is 3. The standard InChI is InChI=1S/C10H15BrO/c11-6-10(12)9-5-7-1-3-8(9)4-2-7/h7-9H,1-6H2. The number of rotatable bonds is 2. The highest BCUT2D eigenvalue weighted by Crippen LogP contribution is 2.45. The van der Waals surface area contributed by atoms with Gasteiger partial charge in [0.1, 0.15) is 5.78 Å². The minimum absolute atomic E-state index is 0.414. The van der Waals surface area contributed by atoms with Gasteiger partial charge in [-0.05, 0) is 31.1 Å². The van der Waals surface area contributed by atoms with Crippen molar-refractivity contribution < 1.29 is 4.79 Å². The molecule has 1 atom stereocenters. The van der Waals surface area contributed by atoms with Crippen molar-refractivity contribution in [2.45, 2.75) is 32.1 Å². The van der Waals surface area contributed by atoms with Crippen LogP contribution >= 0.6 is 15.9 Å². The van der Waals surface area contributed by atoms with Crippen LogP contribution in [0.1, 0.15) is 32.1 Å². The quantitative estimate of drug-likeness (QED) is 0.668. The van der Waals surface area contributed by atoms with Gasteiger partial charge in [-0.2, -0.15) is 0 Å². The second-order valence-electron chi connectivity index (χ2n) is 4.22. The van der Waals surface area contributed by atoms with Gasteiger partial charge in [0.05, 0.1) is 5.33 Å². The summed E-state index contributed by atoms with van der Waals surface area (Å²) >= 11 is 3.27. The summed E-state index contributed by atoms with van der Waals surface area (Å²) in [5.74, 6) is 2.48. The Labute approximate surface area is 82.0 Å². The summed E-state index contributed by atoms with van der Waals surface area (Å²) in [6.07, 6.45) is 6.59. The summed E-state index contributed by atoms with van der Waals surface area (Å²) in [7, 11) is 0. The lowest BCUT2D eigenvalue weighted by molar-refractivity contribution is -0.125. The van der Waals surface area contributed by atoms with Crippen molar-refractivity contribution >= 4 is 21.7 Å². The number of ketones is 1. The molecule has 0 aliphatic heterocycles. The highest BCUT2D eigenvalue weighted by molar-refractivity contribution is 9.09. The molecule has 0 spiro atoms. The maximum atomic E-state index is 11.5. The molecule has 1 unspecified atom stereocenters. The summed E-state index contributed by atoms with van der Waals surface area (Å²) in [4.78, 5) is 11.5. The first-order valence-corrected chi connectivity index (χ1v) is 6.02. The van der Waals surface area contributed by atoms with Crippen LogP contribution in [-0.4, -0.2) is 11.1 Å². The third-order valence-corrected chi connectivity index (χ3v) is 4.15. The van der Waals surface area contributed by atoms with Crippen LogP contribution in [0.4, 0.5) is 0 Å². The van der Waals surface area contributed by atoms with E-state index in [9.17, 15) is 4.79 Å². The number of hydrogen-bond donors (Lipinski definition) is 0. The predicted molar refractivity (Wildman–Crippen MR) is 52.4 cm³/mol. The Morgan fingerprint density at radius 1 is 1.25 bits per heavy atom. The van der Waals surface area contributed by atoms with E-state index in [1.165, 1.54) is 32.1 Å². The van der Waals surface area contributed by atoms with E-state index in [1.807, 2.05) is 0 Å². The Morgan fingerprint density at radius 3 is 2.33 bits per heavy atom. The average molecular weight is 231 g/mol. The van der Waals surface area contributed by atoms with Crippen molar-refractivity contribution in [3.63, 3.8) is 0 Å². The van der Waals surface area contributed by atoms with Gasteiger partial charge in [-0.1, -0.05) is 28.8 Å². The molecule has 0 aromatic heterocycles. The van der Waals surface area contributed by atoms with E-state index in [4.69, 9.17) is 0 Å². The Morgan fingerprint density at radius 2 is 1.92 bits per heavy atom. The largest absolute Gasteiger partial charge is 0.298 e. The van der Waals surface area contributed by atoms with E-state index in [0.29, 0.717) is 17.0 Å². The van der Waals surface area contributed by atoms with E-state index >= 15 is 0 Å². The van der Waals surface area contributed by atoms with Crippen molar-refractivity contribution in [1.82, 2.24) is 0 Å². The fourth-order valence-corrected chi connectivity index (χ4v) is 3.29. The Bertz CT molecular complexity index is 182. The fraction of sp³-hybridized carbons (Fsp3) is 0.900. The molecule has 0 amide bonds. The summed E-state index contributed by atoms with van der Waals surface area (Å²) in [5, 5.41) is 0.570. The van der Waals surface area contributed by atoms with Gasteiger partial charge in [-0.3, -0.25) is 4.79 Å². The monoisotopic (exact) mass is 230 g/mol. The second-order valence-corrected chi connectivity index (χ2v) is 4.78. The molecule has 2 heteroatoms. The van der Waals surface area contributed by atoms with Crippen molar-refractivity contribution in [2.24, 2.45) is 17.8 Å². The molecule has 12 heavy (non-hydrogen) atoms. The van der Waals surface area contributed by atoms with E-state index in [-0.39, 0.29) is 0 Å². The fourth-order valence-electron chi connectivity index (χ4n) is 2.87. The van der Waals surface area contributed by atoms with Crippen molar-refractivity contribution in [3.8, 4) is 0 Å². The molecule has 3 saturated carbocycles. The lowest BCUT2D eigenvalue weighted by Gasteiger charge is -2.41. The zero-order valence-corrected chi connectivity index (χ0v) is 8.85. The first-order chi connectivity index (χ1) is 5.81. The van der Waals surface area contributed by atoms with E-state index in [2.05, 4.69) is 15.9 Å². The normalized spacial score (nSPS) is 39.9.